The summed E-state index contributed by atoms with van der Waals surface area (Å²) in [5.74, 6) is 1.40. The Bertz CT molecular complexity index is 1020. The Balaban J connectivity index is 1.85. The summed E-state index contributed by atoms with van der Waals surface area (Å²) in [5.41, 5.74) is 2.01. The number of aromatic nitrogens is 1. The van der Waals surface area contributed by atoms with Crippen molar-refractivity contribution in [3.05, 3.63) is 66.4 Å². The Hall–Kier alpha value is -3.14. The van der Waals surface area contributed by atoms with Gasteiger partial charge in [-0.2, -0.15) is 0 Å². The Morgan fingerprint density at radius 1 is 1.00 bits per heavy atom. The maximum Gasteiger partial charge on any atom is 0.230 e. The second-order valence-corrected chi connectivity index (χ2v) is 5.28. The van der Waals surface area contributed by atoms with Crippen LogP contribution in [0.3, 0.4) is 0 Å². The molecule has 0 spiro atoms. The number of Topliss-reactive ketones (excluding diaryl/α,β-unsaturated/α-hetero) is 1. The minimum absolute atomic E-state index is 0.0307. The molecule has 0 aliphatic heterocycles. The van der Waals surface area contributed by atoms with Crippen LogP contribution in [0.4, 0.5) is 0 Å². The quantitative estimate of drug-likeness (QED) is 0.501. The second kappa shape index (κ2) is 5.25. The molecular formula is C19H13NO3. The molecule has 4 aromatic rings. The van der Waals surface area contributed by atoms with E-state index in [-0.39, 0.29) is 5.78 Å². The molecule has 0 bridgehead atoms. The van der Waals surface area contributed by atoms with Crippen LogP contribution in [0.5, 0.6) is 11.5 Å². The maximum atomic E-state index is 11.4. The van der Waals surface area contributed by atoms with E-state index in [0.717, 1.165) is 16.3 Å². The fourth-order valence-corrected chi connectivity index (χ4v) is 2.56. The highest BCUT2D eigenvalue weighted by molar-refractivity contribution is 5.99. The lowest BCUT2D eigenvalue weighted by Crippen LogP contribution is -1.92. The van der Waals surface area contributed by atoms with E-state index in [4.69, 9.17) is 9.15 Å². The number of nitrogens with zero attached hydrogens (tertiary/aromatic N) is 1. The van der Waals surface area contributed by atoms with Crippen molar-refractivity contribution in [3.63, 3.8) is 0 Å². The summed E-state index contributed by atoms with van der Waals surface area (Å²) in [6, 6.07) is 16.7. The lowest BCUT2D eigenvalue weighted by atomic mass is 10.1. The molecule has 23 heavy (non-hydrogen) atoms. The first-order chi connectivity index (χ1) is 11.2. The minimum Gasteiger partial charge on any atom is -0.456 e. The van der Waals surface area contributed by atoms with E-state index >= 15 is 0 Å². The Morgan fingerprint density at radius 2 is 1.78 bits per heavy atom. The van der Waals surface area contributed by atoms with Crippen LogP contribution in [-0.4, -0.2) is 10.8 Å². The highest BCUT2D eigenvalue weighted by Crippen LogP contribution is 2.36. The molecule has 0 unspecified atom stereocenters. The summed E-state index contributed by atoms with van der Waals surface area (Å²) in [6.45, 7) is 1.54. The standard InChI is InChI=1S/C19H13NO3/c1-12(21)13-6-8-14(9-7-13)23-18-15-4-2-3-5-17(15)20-19-16(18)10-11-22-19/h2-11H,1H3. The molecule has 0 atom stereocenters. The summed E-state index contributed by atoms with van der Waals surface area (Å²) in [6.07, 6.45) is 1.60. The van der Waals surface area contributed by atoms with Crippen molar-refractivity contribution in [1.82, 2.24) is 4.98 Å². The molecule has 0 fully saturated rings. The molecule has 112 valence electrons. The Kier molecular flexibility index (Phi) is 3.08. The summed E-state index contributed by atoms with van der Waals surface area (Å²) in [4.78, 5) is 15.9. The smallest absolute Gasteiger partial charge is 0.230 e. The van der Waals surface area contributed by atoms with Crippen LogP contribution in [-0.2, 0) is 0 Å². The summed E-state index contributed by atoms with van der Waals surface area (Å²) in [7, 11) is 0. The monoisotopic (exact) mass is 303 g/mol. The lowest BCUT2D eigenvalue weighted by molar-refractivity contribution is 0.101. The van der Waals surface area contributed by atoms with E-state index in [1.807, 2.05) is 30.3 Å². The molecule has 4 heteroatoms. The van der Waals surface area contributed by atoms with Crippen LogP contribution in [0.15, 0.2) is 65.3 Å². The molecule has 4 nitrogen and oxygen atoms in total. The third kappa shape index (κ3) is 2.34. The number of hydrogen-bond donors (Lipinski definition) is 0. The van der Waals surface area contributed by atoms with Crippen molar-refractivity contribution in [3.8, 4) is 11.5 Å². The van der Waals surface area contributed by atoms with Crippen molar-refractivity contribution in [2.24, 2.45) is 0 Å². The highest BCUT2D eigenvalue weighted by Gasteiger charge is 2.13. The number of furan rings is 1. The van der Waals surface area contributed by atoms with Gasteiger partial charge in [-0.05, 0) is 49.4 Å². The zero-order chi connectivity index (χ0) is 15.8. The number of pyridine rings is 1. The zero-order valence-electron chi connectivity index (χ0n) is 12.4. The number of rotatable bonds is 3. The average molecular weight is 303 g/mol. The molecule has 0 amide bonds. The van der Waals surface area contributed by atoms with Gasteiger partial charge in [-0.15, -0.1) is 0 Å². The number of ketones is 1. The molecule has 2 aromatic heterocycles. The van der Waals surface area contributed by atoms with Crippen molar-refractivity contribution in [2.45, 2.75) is 6.92 Å². The van der Waals surface area contributed by atoms with Crippen molar-refractivity contribution in [2.75, 3.05) is 0 Å². The van der Waals surface area contributed by atoms with Gasteiger partial charge in [0.1, 0.15) is 11.5 Å². The third-order valence-electron chi connectivity index (χ3n) is 3.74. The number of carbonyl (C=O) groups is 1. The molecule has 0 saturated carbocycles. The van der Waals surface area contributed by atoms with Crippen LogP contribution < -0.4 is 4.74 Å². The predicted molar refractivity (Wildman–Crippen MR) is 88.0 cm³/mol. The maximum absolute atomic E-state index is 11.4. The van der Waals surface area contributed by atoms with Gasteiger partial charge in [0.05, 0.1) is 17.2 Å². The van der Waals surface area contributed by atoms with Crippen LogP contribution in [0.2, 0.25) is 0 Å². The first kappa shape index (κ1) is 13.5. The van der Waals surface area contributed by atoms with Gasteiger partial charge in [0, 0.05) is 10.9 Å². The molecule has 2 aromatic carbocycles. The van der Waals surface area contributed by atoms with Gasteiger partial charge in [-0.3, -0.25) is 4.79 Å². The average Bonchev–Trinajstić information content (AvgIpc) is 3.03. The van der Waals surface area contributed by atoms with E-state index in [2.05, 4.69) is 4.98 Å². The molecule has 0 aliphatic rings. The van der Waals surface area contributed by atoms with E-state index < -0.39 is 0 Å². The molecule has 0 radical (unpaired) electrons. The largest absolute Gasteiger partial charge is 0.456 e. The zero-order valence-corrected chi connectivity index (χ0v) is 12.4. The van der Waals surface area contributed by atoms with Gasteiger partial charge in [0.15, 0.2) is 5.78 Å². The number of carbonyl (C=O) groups excluding carboxylic acids is 1. The van der Waals surface area contributed by atoms with E-state index in [9.17, 15) is 4.79 Å². The second-order valence-electron chi connectivity index (χ2n) is 5.28. The Morgan fingerprint density at radius 3 is 2.57 bits per heavy atom. The molecular weight excluding hydrogens is 290 g/mol. The Labute approximate surface area is 132 Å². The number of para-hydroxylation sites is 1. The SMILES string of the molecule is CC(=O)c1ccc(Oc2c3ccccc3nc3occc23)cc1. The van der Waals surface area contributed by atoms with Gasteiger partial charge >= 0.3 is 0 Å². The number of hydrogen-bond acceptors (Lipinski definition) is 4. The summed E-state index contributed by atoms with van der Waals surface area (Å²) >= 11 is 0. The fraction of sp³-hybridized carbons (Fsp3) is 0.0526. The van der Waals surface area contributed by atoms with Gasteiger partial charge in [0.25, 0.3) is 0 Å². The molecule has 0 N–H and O–H groups in total. The number of ether oxygens (including phenoxy) is 1. The van der Waals surface area contributed by atoms with Gasteiger partial charge in [-0.1, -0.05) is 12.1 Å². The van der Waals surface area contributed by atoms with Crippen molar-refractivity contribution >= 4 is 27.8 Å². The molecule has 4 rings (SSSR count). The van der Waals surface area contributed by atoms with Crippen LogP contribution in [0, 0.1) is 0 Å². The number of fused-ring (bicyclic) bond motifs is 2. The van der Waals surface area contributed by atoms with E-state index in [0.29, 0.717) is 22.8 Å². The van der Waals surface area contributed by atoms with Crippen LogP contribution in [0.25, 0.3) is 22.0 Å². The first-order valence-electron chi connectivity index (χ1n) is 7.27. The van der Waals surface area contributed by atoms with Gasteiger partial charge in [-0.25, -0.2) is 4.98 Å². The van der Waals surface area contributed by atoms with Crippen molar-refractivity contribution < 1.29 is 13.9 Å². The normalized spacial score (nSPS) is 11.0. The van der Waals surface area contributed by atoms with Gasteiger partial charge < -0.3 is 9.15 Å². The lowest BCUT2D eigenvalue weighted by Gasteiger charge is -2.10. The predicted octanol–water partition coefficient (Wildman–Crippen LogP) is 4.98. The summed E-state index contributed by atoms with van der Waals surface area (Å²) < 4.78 is 11.5. The highest BCUT2D eigenvalue weighted by atomic mass is 16.5. The van der Waals surface area contributed by atoms with Crippen molar-refractivity contribution in [1.29, 1.82) is 0 Å². The molecule has 0 aliphatic carbocycles. The van der Waals surface area contributed by atoms with E-state index in [1.165, 1.54) is 0 Å². The number of benzene rings is 2. The summed E-state index contributed by atoms with van der Waals surface area (Å²) in [5, 5.41) is 1.73. The van der Waals surface area contributed by atoms with Crippen LogP contribution >= 0.6 is 0 Å². The van der Waals surface area contributed by atoms with Gasteiger partial charge in [0.2, 0.25) is 5.71 Å². The first-order valence-corrected chi connectivity index (χ1v) is 7.27. The fourth-order valence-electron chi connectivity index (χ4n) is 2.56. The minimum atomic E-state index is 0.0307. The topological polar surface area (TPSA) is 52.3 Å². The van der Waals surface area contributed by atoms with Crippen LogP contribution in [0.1, 0.15) is 17.3 Å². The molecule has 2 heterocycles. The third-order valence-corrected chi connectivity index (χ3v) is 3.74. The molecule has 0 saturated heterocycles. The van der Waals surface area contributed by atoms with E-state index in [1.54, 1.807) is 37.5 Å².